The highest BCUT2D eigenvalue weighted by Gasteiger charge is 2.48. The van der Waals surface area contributed by atoms with Gasteiger partial charge in [0.05, 0.1) is 23.4 Å². The second kappa shape index (κ2) is 8.48. The molecule has 2 fully saturated rings. The Hall–Kier alpha value is -3.45. The fraction of sp³-hybridized carbons (Fsp3) is 0.280. The normalized spacial score (nSPS) is 24.4. The Morgan fingerprint density at radius 1 is 0.909 bits per heavy atom. The molecule has 5 rings (SSSR count). The van der Waals surface area contributed by atoms with Crippen molar-refractivity contribution in [3.05, 3.63) is 65.7 Å². The molecule has 2 aliphatic heterocycles. The van der Waals surface area contributed by atoms with Crippen molar-refractivity contribution in [2.75, 3.05) is 16.3 Å². The fourth-order valence-corrected chi connectivity index (χ4v) is 4.88. The average molecular weight is 465 g/mol. The van der Waals surface area contributed by atoms with Crippen LogP contribution in [0.5, 0.6) is 5.75 Å². The Bertz CT molecular complexity index is 1170. The van der Waals surface area contributed by atoms with Crippen molar-refractivity contribution in [1.82, 2.24) is 0 Å². The molecular weight excluding hydrogens is 444 g/mol. The molecule has 3 aliphatic rings. The van der Waals surface area contributed by atoms with Gasteiger partial charge in [-0.3, -0.25) is 19.2 Å². The van der Waals surface area contributed by atoms with Gasteiger partial charge in [-0.05, 0) is 43.2 Å². The standard InChI is InChI=1S/C25H21ClN2O5/c26-16-5-3-6-17(12-16)27-14-15(11-22(27)29)25(32)33-19-8-4-7-18(13-19)28-23(30)20-9-1-2-10-21(20)24(28)31/h1-8,12-13,15,20-21H,9-11,14H2/t15-,20-,21-/m1/s1. The lowest BCUT2D eigenvalue weighted by Gasteiger charge is -2.17. The van der Waals surface area contributed by atoms with E-state index >= 15 is 0 Å². The Labute approximate surface area is 195 Å². The van der Waals surface area contributed by atoms with E-state index in [2.05, 4.69) is 0 Å². The van der Waals surface area contributed by atoms with E-state index in [1.165, 1.54) is 15.9 Å². The van der Waals surface area contributed by atoms with E-state index in [0.717, 1.165) is 0 Å². The molecule has 0 aromatic heterocycles. The van der Waals surface area contributed by atoms with Crippen LogP contribution in [0.15, 0.2) is 60.7 Å². The number of hydrogen-bond donors (Lipinski definition) is 0. The smallest absolute Gasteiger partial charge is 0.316 e. The van der Waals surface area contributed by atoms with Gasteiger partial charge in [-0.25, -0.2) is 4.90 Å². The van der Waals surface area contributed by atoms with Crippen molar-refractivity contribution in [2.45, 2.75) is 19.3 Å². The number of ether oxygens (including phenoxy) is 1. The predicted molar refractivity (Wildman–Crippen MR) is 122 cm³/mol. The van der Waals surface area contributed by atoms with Gasteiger partial charge in [0, 0.05) is 29.7 Å². The third kappa shape index (κ3) is 3.93. The zero-order chi connectivity index (χ0) is 23.1. The van der Waals surface area contributed by atoms with Crippen LogP contribution in [0.3, 0.4) is 0 Å². The molecule has 0 saturated carbocycles. The summed E-state index contributed by atoms with van der Waals surface area (Å²) < 4.78 is 5.54. The molecule has 8 heteroatoms. The van der Waals surface area contributed by atoms with Gasteiger partial charge in [-0.1, -0.05) is 35.9 Å². The number of halogens is 1. The Balaban J connectivity index is 1.29. The van der Waals surface area contributed by atoms with Gasteiger partial charge >= 0.3 is 5.97 Å². The molecule has 7 nitrogen and oxygen atoms in total. The summed E-state index contributed by atoms with van der Waals surface area (Å²) in [6.07, 6.45) is 5.01. The number of hydrogen-bond acceptors (Lipinski definition) is 5. The lowest BCUT2D eigenvalue weighted by atomic mass is 9.85. The van der Waals surface area contributed by atoms with Crippen LogP contribution in [0, 0.1) is 17.8 Å². The molecule has 2 saturated heterocycles. The molecule has 0 spiro atoms. The first-order valence-corrected chi connectivity index (χ1v) is 11.2. The fourth-order valence-electron chi connectivity index (χ4n) is 4.70. The topological polar surface area (TPSA) is 84.0 Å². The van der Waals surface area contributed by atoms with E-state index in [1.54, 1.807) is 42.5 Å². The van der Waals surface area contributed by atoms with Gasteiger partial charge in [0.15, 0.2) is 0 Å². The number of benzene rings is 2. The van der Waals surface area contributed by atoms with Crippen LogP contribution in [0.4, 0.5) is 11.4 Å². The minimum absolute atomic E-state index is 0.0322. The van der Waals surface area contributed by atoms with Crippen molar-refractivity contribution in [1.29, 1.82) is 0 Å². The maximum absolute atomic E-state index is 12.8. The second-order valence-corrected chi connectivity index (χ2v) is 8.91. The zero-order valence-corrected chi connectivity index (χ0v) is 18.4. The summed E-state index contributed by atoms with van der Waals surface area (Å²) >= 11 is 6.02. The second-order valence-electron chi connectivity index (χ2n) is 8.47. The average Bonchev–Trinajstić information content (AvgIpc) is 3.32. The number of imide groups is 1. The number of allylic oxidation sites excluding steroid dienone is 2. The quantitative estimate of drug-likeness (QED) is 0.298. The number of anilines is 2. The molecule has 2 aromatic rings. The Morgan fingerprint density at radius 2 is 1.58 bits per heavy atom. The highest BCUT2D eigenvalue weighted by molar-refractivity contribution is 6.31. The molecule has 0 unspecified atom stereocenters. The van der Waals surface area contributed by atoms with Crippen LogP contribution in [0.25, 0.3) is 0 Å². The molecule has 168 valence electrons. The summed E-state index contributed by atoms with van der Waals surface area (Å²) in [6.45, 7) is 0.192. The maximum Gasteiger partial charge on any atom is 0.316 e. The molecule has 2 heterocycles. The van der Waals surface area contributed by atoms with E-state index in [-0.39, 0.29) is 48.3 Å². The van der Waals surface area contributed by atoms with E-state index < -0.39 is 11.9 Å². The summed E-state index contributed by atoms with van der Waals surface area (Å²) in [6, 6.07) is 13.3. The van der Waals surface area contributed by atoms with Gasteiger partial charge < -0.3 is 9.64 Å². The number of carbonyl (C=O) groups is 4. The highest BCUT2D eigenvalue weighted by Crippen LogP contribution is 2.38. The highest BCUT2D eigenvalue weighted by atomic mass is 35.5. The molecule has 0 radical (unpaired) electrons. The maximum atomic E-state index is 12.8. The van der Waals surface area contributed by atoms with E-state index in [0.29, 0.717) is 29.2 Å². The molecule has 0 N–H and O–H groups in total. The summed E-state index contributed by atoms with van der Waals surface area (Å²) in [5.74, 6) is -2.26. The number of rotatable bonds is 4. The van der Waals surface area contributed by atoms with Crippen molar-refractivity contribution < 1.29 is 23.9 Å². The first-order valence-electron chi connectivity index (χ1n) is 10.8. The van der Waals surface area contributed by atoms with Crippen LogP contribution in [0.2, 0.25) is 5.02 Å². The van der Waals surface area contributed by atoms with Crippen LogP contribution in [-0.2, 0) is 19.2 Å². The summed E-state index contributed by atoms with van der Waals surface area (Å²) in [7, 11) is 0. The van der Waals surface area contributed by atoms with Gasteiger partial charge in [0.1, 0.15) is 5.75 Å². The van der Waals surface area contributed by atoms with Crippen LogP contribution >= 0.6 is 11.6 Å². The molecular formula is C25H21ClN2O5. The summed E-state index contributed by atoms with van der Waals surface area (Å²) in [5.41, 5.74) is 1.01. The lowest BCUT2D eigenvalue weighted by molar-refractivity contribution is -0.139. The molecule has 3 amide bonds. The Kier molecular flexibility index (Phi) is 5.50. The number of esters is 1. The van der Waals surface area contributed by atoms with Gasteiger partial charge in [-0.15, -0.1) is 0 Å². The van der Waals surface area contributed by atoms with Gasteiger partial charge in [0.25, 0.3) is 0 Å². The minimum atomic E-state index is -0.635. The van der Waals surface area contributed by atoms with Crippen molar-refractivity contribution in [3.63, 3.8) is 0 Å². The van der Waals surface area contributed by atoms with Crippen LogP contribution in [0.1, 0.15) is 19.3 Å². The minimum Gasteiger partial charge on any atom is -0.426 e. The zero-order valence-electron chi connectivity index (χ0n) is 17.6. The Morgan fingerprint density at radius 3 is 2.27 bits per heavy atom. The molecule has 3 atom stereocenters. The number of fused-ring (bicyclic) bond motifs is 1. The first kappa shape index (κ1) is 21.4. The van der Waals surface area contributed by atoms with Crippen LogP contribution in [-0.4, -0.2) is 30.2 Å². The van der Waals surface area contributed by atoms with Crippen molar-refractivity contribution in [2.24, 2.45) is 17.8 Å². The van der Waals surface area contributed by atoms with Crippen molar-refractivity contribution in [3.8, 4) is 5.75 Å². The van der Waals surface area contributed by atoms with E-state index in [9.17, 15) is 19.2 Å². The predicted octanol–water partition coefficient (Wildman–Crippen LogP) is 3.75. The molecule has 33 heavy (non-hydrogen) atoms. The summed E-state index contributed by atoms with van der Waals surface area (Å²) in [4.78, 5) is 53.6. The van der Waals surface area contributed by atoms with Crippen LogP contribution < -0.4 is 14.5 Å². The van der Waals surface area contributed by atoms with Gasteiger partial charge in [0.2, 0.25) is 17.7 Å². The van der Waals surface area contributed by atoms with E-state index in [4.69, 9.17) is 16.3 Å². The lowest BCUT2D eigenvalue weighted by Crippen LogP contribution is -2.31. The third-order valence-corrected chi connectivity index (χ3v) is 6.62. The molecule has 0 bridgehead atoms. The first-order chi connectivity index (χ1) is 15.9. The SMILES string of the molecule is O=C(Oc1cccc(N2C(=O)[C@@H]3CC=CC[C@H]3C2=O)c1)[C@@H]1CC(=O)N(c2cccc(Cl)c2)C1. The number of nitrogens with zero attached hydrogens (tertiary/aromatic N) is 2. The number of carbonyl (C=O) groups excluding carboxylic acids is 4. The van der Waals surface area contributed by atoms with Gasteiger partial charge in [-0.2, -0.15) is 0 Å². The van der Waals surface area contributed by atoms with E-state index in [1.807, 2.05) is 12.2 Å². The largest absolute Gasteiger partial charge is 0.426 e. The third-order valence-electron chi connectivity index (χ3n) is 6.38. The molecule has 1 aliphatic carbocycles. The monoisotopic (exact) mass is 464 g/mol. The van der Waals surface area contributed by atoms with Crippen molar-refractivity contribution >= 4 is 46.7 Å². The molecule has 2 aromatic carbocycles. The summed E-state index contributed by atoms with van der Waals surface area (Å²) in [5, 5.41) is 0.504. The number of amides is 3.